The molecule has 0 aliphatic heterocycles. The summed E-state index contributed by atoms with van der Waals surface area (Å²) in [6, 6.07) is 8.35. The van der Waals surface area contributed by atoms with Crippen LogP contribution in [0.2, 0.25) is 0 Å². The van der Waals surface area contributed by atoms with Crippen molar-refractivity contribution in [3.8, 4) is 5.75 Å². The summed E-state index contributed by atoms with van der Waals surface area (Å²) in [5.41, 5.74) is 1.49. The minimum absolute atomic E-state index is 0.186. The van der Waals surface area contributed by atoms with Crippen LogP contribution >= 0.6 is 0 Å². The quantitative estimate of drug-likeness (QED) is 0.718. The molecule has 1 heteroatoms. The van der Waals surface area contributed by atoms with Gasteiger partial charge in [-0.1, -0.05) is 39.0 Å². The zero-order valence-corrected chi connectivity index (χ0v) is 10.5. The second kappa shape index (κ2) is 4.69. The highest BCUT2D eigenvalue weighted by atomic mass is 16.5. The van der Waals surface area contributed by atoms with Gasteiger partial charge in [0, 0.05) is 0 Å². The summed E-state index contributed by atoms with van der Waals surface area (Å²) >= 11 is 0. The van der Waals surface area contributed by atoms with Crippen molar-refractivity contribution < 1.29 is 4.74 Å². The minimum Gasteiger partial charge on any atom is -0.491 e. The number of para-hydroxylation sites is 1. The maximum Gasteiger partial charge on any atom is 0.123 e. The van der Waals surface area contributed by atoms with Crippen LogP contribution in [0.5, 0.6) is 5.75 Å². The lowest BCUT2D eigenvalue weighted by molar-refractivity contribution is 0.235. The van der Waals surface area contributed by atoms with Gasteiger partial charge >= 0.3 is 0 Å². The maximum atomic E-state index is 5.83. The Balaban J connectivity index is 3.06. The van der Waals surface area contributed by atoms with E-state index in [1.165, 1.54) is 5.56 Å². The molecule has 0 fully saturated rings. The molecule has 0 saturated carbocycles. The average Bonchev–Trinajstić information content (AvgIpc) is 2.17. The molecule has 0 atom stereocenters. The van der Waals surface area contributed by atoms with Crippen molar-refractivity contribution in [3.63, 3.8) is 0 Å². The largest absolute Gasteiger partial charge is 0.491 e. The van der Waals surface area contributed by atoms with E-state index in [0.717, 1.165) is 12.2 Å². The van der Waals surface area contributed by atoms with E-state index in [2.05, 4.69) is 52.8 Å². The van der Waals surface area contributed by atoms with Gasteiger partial charge in [0.25, 0.3) is 0 Å². The molecule has 1 rings (SSSR count). The van der Waals surface area contributed by atoms with Gasteiger partial charge in [0.05, 0.1) is 6.10 Å². The monoisotopic (exact) mass is 206 g/mol. The van der Waals surface area contributed by atoms with Crippen molar-refractivity contribution in [3.05, 3.63) is 29.8 Å². The van der Waals surface area contributed by atoms with Crippen LogP contribution < -0.4 is 4.74 Å². The Hall–Kier alpha value is -0.980. The molecule has 0 bridgehead atoms. The topological polar surface area (TPSA) is 9.23 Å². The van der Waals surface area contributed by atoms with E-state index in [-0.39, 0.29) is 11.5 Å². The summed E-state index contributed by atoms with van der Waals surface area (Å²) in [5.74, 6) is 1.03. The molecular weight excluding hydrogens is 184 g/mol. The van der Waals surface area contributed by atoms with Gasteiger partial charge in [0.1, 0.15) is 5.75 Å². The van der Waals surface area contributed by atoms with Crippen LogP contribution in [0.15, 0.2) is 24.3 Å². The summed E-state index contributed by atoms with van der Waals surface area (Å²) in [6.07, 6.45) is 1.35. The maximum absolute atomic E-state index is 5.83. The van der Waals surface area contributed by atoms with Gasteiger partial charge in [-0.15, -0.1) is 0 Å². The van der Waals surface area contributed by atoms with Crippen molar-refractivity contribution in [2.24, 2.45) is 0 Å². The highest BCUT2D eigenvalue weighted by molar-refractivity contribution is 5.38. The fraction of sp³-hybridized carbons (Fsp3) is 0.571. The highest BCUT2D eigenvalue weighted by Gasteiger charge is 2.22. The van der Waals surface area contributed by atoms with Crippen LogP contribution in [0.25, 0.3) is 0 Å². The molecule has 0 amide bonds. The summed E-state index contributed by atoms with van der Waals surface area (Å²) in [7, 11) is 0. The first-order valence-electron chi connectivity index (χ1n) is 5.73. The lowest BCUT2D eigenvalue weighted by Gasteiger charge is -2.26. The average molecular weight is 206 g/mol. The molecule has 0 spiro atoms. The predicted octanol–water partition coefficient (Wildman–Crippen LogP) is 4.16. The van der Waals surface area contributed by atoms with Gasteiger partial charge < -0.3 is 4.74 Å². The van der Waals surface area contributed by atoms with Gasteiger partial charge in [-0.2, -0.15) is 0 Å². The van der Waals surface area contributed by atoms with Crippen molar-refractivity contribution in [1.29, 1.82) is 0 Å². The molecule has 15 heavy (non-hydrogen) atoms. The number of ether oxygens (including phenoxy) is 1. The molecule has 0 unspecified atom stereocenters. The summed E-state index contributed by atoms with van der Waals surface area (Å²) in [6.45, 7) is 10.9. The molecule has 0 aliphatic rings. The number of hydrogen-bond acceptors (Lipinski definition) is 1. The molecule has 1 aromatic carbocycles. The second-order valence-electron chi connectivity index (χ2n) is 4.90. The molecule has 1 nitrogen and oxygen atoms in total. The summed E-state index contributed by atoms with van der Waals surface area (Å²) < 4.78 is 5.83. The molecule has 1 aromatic rings. The molecule has 84 valence electrons. The van der Waals surface area contributed by atoms with Gasteiger partial charge in [-0.25, -0.2) is 0 Å². The first-order chi connectivity index (χ1) is 6.97. The van der Waals surface area contributed by atoms with Gasteiger partial charge in [0.2, 0.25) is 0 Å². The molecule has 0 heterocycles. The van der Waals surface area contributed by atoms with E-state index in [1.807, 2.05) is 6.07 Å². The van der Waals surface area contributed by atoms with Crippen LogP contribution in [-0.2, 0) is 5.41 Å². The van der Waals surface area contributed by atoms with E-state index in [9.17, 15) is 0 Å². The second-order valence-corrected chi connectivity index (χ2v) is 4.90. The Morgan fingerprint density at radius 2 is 1.80 bits per heavy atom. The lowest BCUT2D eigenvalue weighted by atomic mass is 9.82. The Morgan fingerprint density at radius 3 is 2.33 bits per heavy atom. The van der Waals surface area contributed by atoms with E-state index in [1.54, 1.807) is 0 Å². The van der Waals surface area contributed by atoms with Crippen molar-refractivity contribution in [2.45, 2.75) is 52.6 Å². The third-order valence-electron chi connectivity index (χ3n) is 2.86. The van der Waals surface area contributed by atoms with E-state index < -0.39 is 0 Å². The first-order valence-corrected chi connectivity index (χ1v) is 5.73. The van der Waals surface area contributed by atoms with E-state index >= 15 is 0 Å². The van der Waals surface area contributed by atoms with E-state index in [0.29, 0.717) is 0 Å². The number of hydrogen-bond donors (Lipinski definition) is 0. The Labute approximate surface area is 93.5 Å². The van der Waals surface area contributed by atoms with Crippen LogP contribution in [0, 0.1) is 0 Å². The highest BCUT2D eigenvalue weighted by Crippen LogP contribution is 2.34. The number of rotatable bonds is 4. The molecule has 0 N–H and O–H groups in total. The van der Waals surface area contributed by atoms with Gasteiger partial charge in [0.15, 0.2) is 0 Å². The molecule has 0 aliphatic carbocycles. The van der Waals surface area contributed by atoms with Crippen molar-refractivity contribution >= 4 is 0 Å². The molecule has 0 aromatic heterocycles. The third-order valence-corrected chi connectivity index (χ3v) is 2.86. The smallest absolute Gasteiger partial charge is 0.123 e. The van der Waals surface area contributed by atoms with Crippen molar-refractivity contribution in [1.82, 2.24) is 0 Å². The summed E-state index contributed by atoms with van der Waals surface area (Å²) in [4.78, 5) is 0. The zero-order valence-electron chi connectivity index (χ0n) is 10.5. The zero-order chi connectivity index (χ0) is 11.5. The minimum atomic E-state index is 0.186. The number of benzene rings is 1. The normalized spacial score (nSPS) is 11.9. The van der Waals surface area contributed by atoms with Gasteiger partial charge in [-0.05, 0) is 37.3 Å². The predicted molar refractivity (Wildman–Crippen MR) is 65.5 cm³/mol. The van der Waals surface area contributed by atoms with Gasteiger partial charge in [-0.3, -0.25) is 0 Å². The van der Waals surface area contributed by atoms with Crippen LogP contribution in [0.1, 0.15) is 46.6 Å². The summed E-state index contributed by atoms with van der Waals surface area (Å²) in [5, 5.41) is 0. The first kappa shape index (κ1) is 12.1. The van der Waals surface area contributed by atoms with Crippen LogP contribution in [-0.4, -0.2) is 6.10 Å². The third kappa shape index (κ3) is 2.98. The van der Waals surface area contributed by atoms with E-state index in [4.69, 9.17) is 4.74 Å². The SMILES string of the molecule is CCC(C)(C)c1ccccc1OC(C)C. The Kier molecular flexibility index (Phi) is 3.78. The standard InChI is InChI=1S/C14H22O/c1-6-14(4,5)12-9-7-8-10-13(12)15-11(2)3/h7-11H,6H2,1-5H3. The Bertz CT molecular complexity index is 313. The lowest BCUT2D eigenvalue weighted by Crippen LogP contribution is -2.18. The fourth-order valence-electron chi connectivity index (χ4n) is 1.57. The van der Waals surface area contributed by atoms with Crippen LogP contribution in [0.4, 0.5) is 0 Å². The molecule has 0 saturated heterocycles. The van der Waals surface area contributed by atoms with Crippen LogP contribution in [0.3, 0.4) is 0 Å². The molecule has 0 radical (unpaired) electrons. The molecular formula is C14H22O. The van der Waals surface area contributed by atoms with Crippen molar-refractivity contribution in [2.75, 3.05) is 0 Å². The Morgan fingerprint density at radius 1 is 1.20 bits per heavy atom. The fourth-order valence-corrected chi connectivity index (χ4v) is 1.57.